The predicted octanol–water partition coefficient (Wildman–Crippen LogP) is 0.490. The first-order valence-corrected chi connectivity index (χ1v) is 7.02. The van der Waals surface area contributed by atoms with Crippen LogP contribution in [0, 0.1) is 5.41 Å². The molecule has 0 aliphatic heterocycles. The van der Waals surface area contributed by atoms with Gasteiger partial charge >= 0.3 is 0 Å². The highest BCUT2D eigenvalue weighted by Crippen LogP contribution is 2.17. The Hall–Kier alpha value is -0.170. The van der Waals surface area contributed by atoms with Gasteiger partial charge in [0.05, 0.1) is 0 Å². The van der Waals surface area contributed by atoms with E-state index in [2.05, 4.69) is 0 Å². The van der Waals surface area contributed by atoms with Crippen LogP contribution in [0.15, 0.2) is 0 Å². The third-order valence-corrected chi connectivity index (χ3v) is 4.71. The molecule has 98 valence electrons. The van der Waals surface area contributed by atoms with Crippen LogP contribution < -0.4 is 5.73 Å². The van der Waals surface area contributed by atoms with Gasteiger partial charge in [0.15, 0.2) is 0 Å². The lowest BCUT2D eigenvalue weighted by atomic mass is 9.94. The van der Waals surface area contributed by atoms with Gasteiger partial charge in [-0.15, -0.1) is 0 Å². The van der Waals surface area contributed by atoms with E-state index in [1.165, 1.54) is 8.61 Å². The lowest BCUT2D eigenvalue weighted by Crippen LogP contribution is -2.46. The Kier molecular flexibility index (Phi) is 5.89. The Morgan fingerprint density at radius 1 is 1.19 bits per heavy atom. The lowest BCUT2D eigenvalue weighted by Gasteiger charge is -2.31. The van der Waals surface area contributed by atoms with Crippen LogP contribution in [-0.2, 0) is 10.2 Å². The second-order valence-electron chi connectivity index (χ2n) is 4.72. The third-order valence-electron chi connectivity index (χ3n) is 2.63. The van der Waals surface area contributed by atoms with Crippen molar-refractivity contribution in [3.8, 4) is 0 Å². The van der Waals surface area contributed by atoms with Gasteiger partial charge in [-0.25, -0.2) is 0 Å². The first-order valence-electron chi connectivity index (χ1n) is 5.62. The normalized spacial score (nSPS) is 13.8. The Labute approximate surface area is 99.8 Å². The van der Waals surface area contributed by atoms with Crippen LogP contribution in [0.5, 0.6) is 0 Å². The van der Waals surface area contributed by atoms with Crippen molar-refractivity contribution in [2.75, 3.05) is 33.2 Å². The predicted molar refractivity (Wildman–Crippen MR) is 67.3 cm³/mol. The van der Waals surface area contributed by atoms with E-state index >= 15 is 0 Å². The maximum absolute atomic E-state index is 12.1. The minimum absolute atomic E-state index is 0.199. The topological polar surface area (TPSA) is 66.6 Å². The molecule has 0 aliphatic rings. The second-order valence-corrected chi connectivity index (χ2v) is 6.75. The average molecular weight is 251 g/mol. The number of hydrogen-bond donors (Lipinski definition) is 1. The summed E-state index contributed by atoms with van der Waals surface area (Å²) >= 11 is 0. The van der Waals surface area contributed by atoms with Crippen LogP contribution in [-0.4, -0.2) is 50.3 Å². The van der Waals surface area contributed by atoms with E-state index in [0.29, 0.717) is 26.2 Å². The number of rotatable bonds is 7. The molecule has 0 radical (unpaired) electrons. The molecule has 0 bridgehead atoms. The Morgan fingerprint density at radius 3 is 1.94 bits per heavy atom. The van der Waals surface area contributed by atoms with Gasteiger partial charge < -0.3 is 5.73 Å². The largest absolute Gasteiger partial charge is 0.330 e. The molecule has 0 unspecified atom stereocenters. The zero-order valence-electron chi connectivity index (χ0n) is 11.0. The van der Waals surface area contributed by atoms with Crippen LogP contribution >= 0.6 is 0 Å². The van der Waals surface area contributed by atoms with Crippen molar-refractivity contribution in [1.82, 2.24) is 8.61 Å². The van der Waals surface area contributed by atoms with Crippen LogP contribution in [0.25, 0.3) is 0 Å². The van der Waals surface area contributed by atoms with Gasteiger partial charge in [0.2, 0.25) is 0 Å². The summed E-state index contributed by atoms with van der Waals surface area (Å²) in [5.74, 6) is 0. The highest BCUT2D eigenvalue weighted by atomic mass is 32.2. The van der Waals surface area contributed by atoms with E-state index < -0.39 is 10.2 Å². The first kappa shape index (κ1) is 15.8. The van der Waals surface area contributed by atoms with Gasteiger partial charge in [0.25, 0.3) is 10.2 Å². The molecular formula is C10H25N3O2S. The monoisotopic (exact) mass is 251 g/mol. The van der Waals surface area contributed by atoms with E-state index in [-0.39, 0.29) is 5.41 Å². The Morgan fingerprint density at radius 2 is 1.62 bits per heavy atom. The minimum atomic E-state index is -3.33. The molecule has 0 aromatic heterocycles. The van der Waals surface area contributed by atoms with Crippen molar-refractivity contribution in [3.63, 3.8) is 0 Å². The minimum Gasteiger partial charge on any atom is -0.330 e. The van der Waals surface area contributed by atoms with Crippen molar-refractivity contribution >= 4 is 10.2 Å². The molecule has 0 aliphatic carbocycles. The molecule has 16 heavy (non-hydrogen) atoms. The van der Waals surface area contributed by atoms with E-state index in [0.717, 1.165) is 0 Å². The molecule has 0 aromatic carbocycles. The summed E-state index contributed by atoms with van der Waals surface area (Å²) in [5.41, 5.74) is 5.40. The van der Waals surface area contributed by atoms with E-state index in [9.17, 15) is 8.42 Å². The Bertz CT molecular complexity index is 297. The average Bonchev–Trinajstić information content (AvgIpc) is 2.18. The van der Waals surface area contributed by atoms with Crippen LogP contribution in [0.2, 0.25) is 0 Å². The fourth-order valence-electron chi connectivity index (χ4n) is 1.50. The SMILES string of the molecule is CCN(CC)S(=O)(=O)N(C)CC(C)(C)CN. The summed E-state index contributed by atoms with van der Waals surface area (Å²) < 4.78 is 27.0. The third kappa shape index (κ3) is 4.01. The summed E-state index contributed by atoms with van der Waals surface area (Å²) in [7, 11) is -1.73. The van der Waals surface area contributed by atoms with Gasteiger partial charge in [-0.05, 0) is 12.0 Å². The highest BCUT2D eigenvalue weighted by Gasteiger charge is 2.29. The molecule has 0 heterocycles. The number of hydrogen-bond acceptors (Lipinski definition) is 3. The molecule has 2 N–H and O–H groups in total. The molecule has 0 aromatic rings. The molecule has 6 heteroatoms. The van der Waals surface area contributed by atoms with Crippen molar-refractivity contribution in [2.24, 2.45) is 11.1 Å². The molecule has 0 spiro atoms. The molecular weight excluding hydrogens is 226 g/mol. The molecule has 0 amide bonds. The molecule has 0 saturated heterocycles. The Balaban J connectivity index is 4.77. The molecule has 0 fully saturated rings. The number of nitrogens with two attached hydrogens (primary N) is 1. The maximum atomic E-state index is 12.1. The summed E-state index contributed by atoms with van der Waals surface area (Å²) in [5, 5.41) is 0. The van der Waals surface area contributed by atoms with Gasteiger partial charge in [0, 0.05) is 26.7 Å². The lowest BCUT2D eigenvalue weighted by molar-refractivity contribution is 0.275. The highest BCUT2D eigenvalue weighted by molar-refractivity contribution is 7.86. The van der Waals surface area contributed by atoms with Crippen LogP contribution in [0.3, 0.4) is 0 Å². The van der Waals surface area contributed by atoms with Gasteiger partial charge in [-0.1, -0.05) is 27.7 Å². The second kappa shape index (κ2) is 5.95. The molecule has 0 saturated carbocycles. The summed E-state index contributed by atoms with van der Waals surface area (Å²) in [6, 6.07) is 0. The van der Waals surface area contributed by atoms with Crippen LogP contribution in [0.1, 0.15) is 27.7 Å². The fraction of sp³-hybridized carbons (Fsp3) is 1.00. The molecule has 5 nitrogen and oxygen atoms in total. The zero-order valence-corrected chi connectivity index (χ0v) is 11.8. The summed E-state index contributed by atoms with van der Waals surface area (Å²) in [6.45, 7) is 9.47. The van der Waals surface area contributed by atoms with E-state index in [4.69, 9.17) is 5.73 Å². The van der Waals surface area contributed by atoms with Crippen molar-refractivity contribution in [3.05, 3.63) is 0 Å². The first-order chi connectivity index (χ1) is 7.21. The standard InChI is InChI=1S/C10H25N3O2S/c1-6-13(7-2)16(14,15)12(5)9-10(3,4)8-11/h6-9,11H2,1-5H3. The summed E-state index contributed by atoms with van der Waals surface area (Å²) in [4.78, 5) is 0. The van der Waals surface area contributed by atoms with Crippen LogP contribution in [0.4, 0.5) is 0 Å². The molecule has 0 rings (SSSR count). The quantitative estimate of drug-likeness (QED) is 0.716. The van der Waals surface area contributed by atoms with Crippen molar-refractivity contribution in [1.29, 1.82) is 0 Å². The fourth-order valence-corrected chi connectivity index (χ4v) is 3.06. The zero-order chi connectivity index (χ0) is 13.0. The summed E-state index contributed by atoms with van der Waals surface area (Å²) in [6.07, 6.45) is 0. The maximum Gasteiger partial charge on any atom is 0.281 e. The van der Waals surface area contributed by atoms with E-state index in [1.807, 2.05) is 27.7 Å². The van der Waals surface area contributed by atoms with Gasteiger partial charge in [-0.2, -0.15) is 17.0 Å². The number of nitrogens with zero attached hydrogens (tertiary/aromatic N) is 2. The molecule has 0 atom stereocenters. The van der Waals surface area contributed by atoms with Crippen molar-refractivity contribution in [2.45, 2.75) is 27.7 Å². The van der Waals surface area contributed by atoms with Crippen molar-refractivity contribution < 1.29 is 8.42 Å². The van der Waals surface area contributed by atoms with Gasteiger partial charge in [-0.3, -0.25) is 0 Å². The van der Waals surface area contributed by atoms with Gasteiger partial charge in [0.1, 0.15) is 0 Å². The van der Waals surface area contributed by atoms with E-state index in [1.54, 1.807) is 7.05 Å². The smallest absolute Gasteiger partial charge is 0.281 e.